The first-order chi connectivity index (χ1) is 9.08. The summed E-state index contributed by atoms with van der Waals surface area (Å²) in [6.07, 6.45) is 1.47. The van der Waals surface area contributed by atoms with Gasteiger partial charge in [-0.15, -0.1) is 0 Å². The Morgan fingerprint density at radius 3 is 2.79 bits per heavy atom. The molecule has 6 nitrogen and oxygen atoms in total. The predicted octanol–water partition coefficient (Wildman–Crippen LogP) is 1.15. The summed E-state index contributed by atoms with van der Waals surface area (Å²) < 4.78 is 1.13. The summed E-state index contributed by atoms with van der Waals surface area (Å²) in [6.45, 7) is 3.45. The fourth-order valence-electron chi connectivity index (χ4n) is 1.61. The molecule has 1 N–H and O–H groups in total. The minimum absolute atomic E-state index is 0.317. The lowest BCUT2D eigenvalue weighted by Crippen LogP contribution is -2.32. The zero-order chi connectivity index (χ0) is 13.8. The SMILES string of the molecule is Cc1cccc(NC(=O)[C@H](C)n2ncccc2=O)n1. The number of aromatic nitrogens is 3. The Labute approximate surface area is 110 Å². The van der Waals surface area contributed by atoms with Crippen LogP contribution in [0, 0.1) is 6.92 Å². The molecule has 2 heterocycles. The third-order valence-corrected chi connectivity index (χ3v) is 2.63. The number of carbonyl (C=O) groups excluding carboxylic acids is 1. The summed E-state index contributed by atoms with van der Waals surface area (Å²) in [5, 5.41) is 6.54. The van der Waals surface area contributed by atoms with Crippen LogP contribution in [-0.2, 0) is 4.79 Å². The highest BCUT2D eigenvalue weighted by Crippen LogP contribution is 2.08. The van der Waals surface area contributed by atoms with Gasteiger partial charge in [0.2, 0.25) is 5.91 Å². The molecule has 0 aliphatic heterocycles. The van der Waals surface area contributed by atoms with Gasteiger partial charge in [0.1, 0.15) is 11.9 Å². The standard InChI is InChI=1S/C13H14N4O2/c1-9-5-3-6-11(15-9)16-13(19)10(2)17-12(18)7-4-8-14-17/h3-8,10H,1-2H3,(H,15,16,19)/t10-/m0/s1. The van der Waals surface area contributed by atoms with E-state index in [1.54, 1.807) is 19.1 Å². The van der Waals surface area contributed by atoms with Crippen LogP contribution in [0.2, 0.25) is 0 Å². The van der Waals surface area contributed by atoms with Crippen molar-refractivity contribution in [1.29, 1.82) is 0 Å². The number of aryl methyl sites for hydroxylation is 1. The smallest absolute Gasteiger partial charge is 0.267 e. The minimum Gasteiger partial charge on any atom is -0.309 e. The van der Waals surface area contributed by atoms with Gasteiger partial charge in [-0.3, -0.25) is 9.59 Å². The van der Waals surface area contributed by atoms with E-state index in [-0.39, 0.29) is 11.5 Å². The number of hydrogen-bond acceptors (Lipinski definition) is 4. The Bertz CT molecular complexity index is 651. The van der Waals surface area contributed by atoms with Gasteiger partial charge in [-0.05, 0) is 32.0 Å². The molecule has 0 unspecified atom stereocenters. The number of nitrogens with one attached hydrogen (secondary N) is 1. The first-order valence-electron chi connectivity index (χ1n) is 5.86. The maximum Gasteiger partial charge on any atom is 0.267 e. The highest BCUT2D eigenvalue weighted by molar-refractivity contribution is 5.92. The molecular formula is C13H14N4O2. The lowest BCUT2D eigenvalue weighted by atomic mass is 10.3. The van der Waals surface area contributed by atoms with Crippen LogP contribution in [-0.4, -0.2) is 20.7 Å². The third-order valence-electron chi connectivity index (χ3n) is 2.63. The van der Waals surface area contributed by atoms with Crippen LogP contribution in [0.15, 0.2) is 41.3 Å². The molecule has 2 aromatic rings. The molecule has 19 heavy (non-hydrogen) atoms. The Kier molecular flexibility index (Phi) is 3.70. The molecule has 0 aromatic carbocycles. The molecule has 0 fully saturated rings. The monoisotopic (exact) mass is 258 g/mol. The second-order valence-electron chi connectivity index (χ2n) is 4.14. The average molecular weight is 258 g/mol. The zero-order valence-corrected chi connectivity index (χ0v) is 10.7. The third kappa shape index (κ3) is 3.04. The molecule has 1 amide bonds. The topological polar surface area (TPSA) is 76.9 Å². The highest BCUT2D eigenvalue weighted by atomic mass is 16.2. The van der Waals surface area contributed by atoms with E-state index in [9.17, 15) is 9.59 Å². The van der Waals surface area contributed by atoms with E-state index in [0.29, 0.717) is 5.82 Å². The van der Waals surface area contributed by atoms with Gasteiger partial charge in [0.15, 0.2) is 0 Å². The number of rotatable bonds is 3. The lowest BCUT2D eigenvalue weighted by Gasteiger charge is -2.13. The highest BCUT2D eigenvalue weighted by Gasteiger charge is 2.17. The Morgan fingerprint density at radius 2 is 2.11 bits per heavy atom. The van der Waals surface area contributed by atoms with Crippen LogP contribution >= 0.6 is 0 Å². The molecule has 2 rings (SSSR count). The minimum atomic E-state index is -0.698. The second kappa shape index (κ2) is 5.43. The summed E-state index contributed by atoms with van der Waals surface area (Å²) in [6, 6.07) is 7.53. The van der Waals surface area contributed by atoms with Gasteiger partial charge in [0, 0.05) is 18.0 Å². The van der Waals surface area contributed by atoms with Crippen molar-refractivity contribution in [2.75, 3.05) is 5.32 Å². The molecule has 2 aromatic heterocycles. The van der Waals surface area contributed by atoms with Crippen LogP contribution in [0.25, 0.3) is 0 Å². The quantitative estimate of drug-likeness (QED) is 0.895. The summed E-state index contributed by atoms with van der Waals surface area (Å²) in [5.41, 5.74) is 0.489. The normalized spacial score (nSPS) is 11.9. The molecule has 0 aliphatic carbocycles. The molecule has 0 radical (unpaired) electrons. The van der Waals surface area contributed by atoms with Crippen molar-refractivity contribution in [3.63, 3.8) is 0 Å². The fraction of sp³-hybridized carbons (Fsp3) is 0.231. The molecule has 6 heteroatoms. The Hall–Kier alpha value is -2.50. The van der Waals surface area contributed by atoms with Gasteiger partial charge >= 0.3 is 0 Å². The Balaban J connectivity index is 2.17. The van der Waals surface area contributed by atoms with E-state index in [4.69, 9.17) is 0 Å². The first kappa shape index (κ1) is 12.9. The molecule has 0 saturated heterocycles. The maximum absolute atomic E-state index is 12.0. The zero-order valence-electron chi connectivity index (χ0n) is 10.7. The Morgan fingerprint density at radius 1 is 1.32 bits per heavy atom. The molecule has 1 atom stereocenters. The van der Waals surface area contributed by atoms with E-state index in [1.807, 2.05) is 13.0 Å². The van der Waals surface area contributed by atoms with Crippen LogP contribution in [0.1, 0.15) is 18.7 Å². The summed E-state index contributed by atoms with van der Waals surface area (Å²) in [4.78, 5) is 27.8. The number of anilines is 1. The maximum atomic E-state index is 12.0. The van der Waals surface area contributed by atoms with Gasteiger partial charge in [0.25, 0.3) is 5.56 Å². The van der Waals surface area contributed by atoms with Crippen LogP contribution in [0.5, 0.6) is 0 Å². The van der Waals surface area contributed by atoms with Crippen molar-refractivity contribution in [2.24, 2.45) is 0 Å². The van der Waals surface area contributed by atoms with E-state index in [1.165, 1.54) is 18.3 Å². The van der Waals surface area contributed by atoms with Gasteiger partial charge < -0.3 is 5.32 Å². The molecule has 0 aliphatic rings. The number of nitrogens with zero attached hydrogens (tertiary/aromatic N) is 3. The number of pyridine rings is 1. The number of hydrogen-bond donors (Lipinski definition) is 1. The van der Waals surface area contributed by atoms with Gasteiger partial charge in [-0.1, -0.05) is 6.07 Å². The number of carbonyl (C=O) groups is 1. The second-order valence-corrected chi connectivity index (χ2v) is 4.14. The van der Waals surface area contributed by atoms with Crippen molar-refractivity contribution in [3.8, 4) is 0 Å². The van der Waals surface area contributed by atoms with E-state index in [0.717, 1.165) is 10.4 Å². The van der Waals surface area contributed by atoms with E-state index >= 15 is 0 Å². The van der Waals surface area contributed by atoms with Crippen LogP contribution in [0.4, 0.5) is 5.82 Å². The lowest BCUT2D eigenvalue weighted by molar-refractivity contribution is -0.119. The average Bonchev–Trinajstić information content (AvgIpc) is 2.38. The van der Waals surface area contributed by atoms with Gasteiger partial charge in [-0.25, -0.2) is 9.67 Å². The number of amides is 1. The van der Waals surface area contributed by atoms with E-state index in [2.05, 4.69) is 15.4 Å². The largest absolute Gasteiger partial charge is 0.309 e. The van der Waals surface area contributed by atoms with Crippen LogP contribution in [0.3, 0.4) is 0 Å². The van der Waals surface area contributed by atoms with Crippen LogP contribution < -0.4 is 10.9 Å². The summed E-state index contributed by atoms with van der Waals surface area (Å²) >= 11 is 0. The van der Waals surface area contributed by atoms with Crippen molar-refractivity contribution in [3.05, 3.63) is 52.6 Å². The predicted molar refractivity (Wildman–Crippen MR) is 70.8 cm³/mol. The van der Waals surface area contributed by atoms with Crippen molar-refractivity contribution < 1.29 is 4.79 Å². The van der Waals surface area contributed by atoms with E-state index < -0.39 is 6.04 Å². The first-order valence-corrected chi connectivity index (χ1v) is 5.86. The van der Waals surface area contributed by atoms with Crippen molar-refractivity contribution in [2.45, 2.75) is 19.9 Å². The molecular weight excluding hydrogens is 244 g/mol. The van der Waals surface area contributed by atoms with Crippen molar-refractivity contribution in [1.82, 2.24) is 14.8 Å². The molecule has 0 saturated carbocycles. The summed E-state index contributed by atoms with van der Waals surface area (Å²) in [7, 11) is 0. The van der Waals surface area contributed by atoms with Gasteiger partial charge in [0.05, 0.1) is 0 Å². The fourth-order valence-corrected chi connectivity index (χ4v) is 1.61. The summed E-state index contributed by atoms with van der Waals surface area (Å²) in [5.74, 6) is 0.125. The molecule has 0 bridgehead atoms. The molecule has 98 valence electrons. The molecule has 0 spiro atoms. The van der Waals surface area contributed by atoms with Gasteiger partial charge in [-0.2, -0.15) is 5.10 Å². The van der Waals surface area contributed by atoms with Crippen molar-refractivity contribution >= 4 is 11.7 Å².